The molecule has 94 valence electrons. The van der Waals surface area contributed by atoms with Crippen LogP contribution in [0.15, 0.2) is 18.2 Å². The van der Waals surface area contributed by atoms with Crippen molar-refractivity contribution in [1.29, 1.82) is 0 Å². The van der Waals surface area contributed by atoms with Crippen LogP contribution in [0.3, 0.4) is 0 Å². The number of hydrogen-bond donors (Lipinski definition) is 1. The smallest absolute Gasteiger partial charge is 0.260 e. The molecule has 17 heavy (non-hydrogen) atoms. The molecule has 0 aliphatic heterocycles. The van der Waals surface area contributed by atoms with E-state index in [1.165, 1.54) is 4.90 Å². The molecule has 0 spiro atoms. The molecule has 4 nitrogen and oxygen atoms in total. The maximum absolute atomic E-state index is 11.6. The Kier molecular flexibility index (Phi) is 4.97. The zero-order valence-electron chi connectivity index (χ0n) is 10.6. The highest BCUT2D eigenvalue weighted by Crippen LogP contribution is 2.16. The Bertz CT molecular complexity index is 370. The maximum Gasteiger partial charge on any atom is 0.260 e. The molecule has 0 heterocycles. The number of rotatable bonds is 5. The van der Waals surface area contributed by atoms with E-state index in [9.17, 15) is 4.79 Å². The Morgan fingerprint density at radius 2 is 1.88 bits per heavy atom. The third kappa shape index (κ3) is 4.44. The highest BCUT2D eigenvalue weighted by Gasteiger charge is 2.08. The molecular weight excluding hydrogens is 218 g/mol. The van der Waals surface area contributed by atoms with Crippen molar-refractivity contribution in [3.05, 3.63) is 29.3 Å². The summed E-state index contributed by atoms with van der Waals surface area (Å²) < 4.78 is 5.42. The summed E-state index contributed by atoms with van der Waals surface area (Å²) in [4.78, 5) is 13.0. The third-order valence-electron chi connectivity index (χ3n) is 2.42. The summed E-state index contributed by atoms with van der Waals surface area (Å²) in [6, 6.07) is 5.84. The van der Waals surface area contributed by atoms with Gasteiger partial charge >= 0.3 is 0 Å². The van der Waals surface area contributed by atoms with Crippen molar-refractivity contribution in [2.24, 2.45) is 0 Å². The van der Waals surface area contributed by atoms with E-state index >= 15 is 0 Å². The van der Waals surface area contributed by atoms with Gasteiger partial charge < -0.3 is 14.7 Å². The van der Waals surface area contributed by atoms with Crippen molar-refractivity contribution >= 4 is 5.91 Å². The van der Waals surface area contributed by atoms with Gasteiger partial charge in [0.15, 0.2) is 6.61 Å². The van der Waals surface area contributed by atoms with E-state index in [4.69, 9.17) is 9.84 Å². The largest absolute Gasteiger partial charge is 0.484 e. The van der Waals surface area contributed by atoms with Crippen LogP contribution in [0.1, 0.15) is 11.1 Å². The Morgan fingerprint density at radius 1 is 1.29 bits per heavy atom. The lowest BCUT2D eigenvalue weighted by molar-refractivity contribution is -0.132. The Morgan fingerprint density at radius 3 is 2.41 bits per heavy atom. The fourth-order valence-corrected chi connectivity index (χ4v) is 1.55. The summed E-state index contributed by atoms with van der Waals surface area (Å²) >= 11 is 0. The number of nitrogens with zero attached hydrogens (tertiary/aromatic N) is 1. The molecule has 0 unspecified atom stereocenters. The Balaban J connectivity index is 2.52. The number of aryl methyl sites for hydroxylation is 2. The fourth-order valence-electron chi connectivity index (χ4n) is 1.55. The third-order valence-corrected chi connectivity index (χ3v) is 2.42. The number of aliphatic hydroxyl groups is 1. The van der Waals surface area contributed by atoms with Crippen LogP contribution in [-0.2, 0) is 4.79 Å². The van der Waals surface area contributed by atoms with Gasteiger partial charge in [-0.3, -0.25) is 4.79 Å². The first kappa shape index (κ1) is 13.5. The first-order valence-electron chi connectivity index (χ1n) is 5.59. The average molecular weight is 237 g/mol. The Labute approximate surface area is 102 Å². The summed E-state index contributed by atoms with van der Waals surface area (Å²) in [5, 5.41) is 8.71. The summed E-state index contributed by atoms with van der Waals surface area (Å²) in [6.07, 6.45) is 0. The van der Waals surface area contributed by atoms with Gasteiger partial charge in [-0.2, -0.15) is 0 Å². The van der Waals surface area contributed by atoms with Gasteiger partial charge in [-0.15, -0.1) is 0 Å². The topological polar surface area (TPSA) is 49.8 Å². The van der Waals surface area contributed by atoms with Gasteiger partial charge in [-0.05, 0) is 37.1 Å². The lowest BCUT2D eigenvalue weighted by Crippen LogP contribution is -2.33. The number of carbonyl (C=O) groups excluding carboxylic acids is 1. The minimum absolute atomic E-state index is 0.000602. The van der Waals surface area contributed by atoms with Gasteiger partial charge in [0.2, 0.25) is 0 Å². The van der Waals surface area contributed by atoms with Crippen LogP contribution >= 0.6 is 0 Å². The van der Waals surface area contributed by atoms with Crippen LogP contribution in [0.4, 0.5) is 0 Å². The maximum atomic E-state index is 11.6. The molecule has 1 aromatic rings. The van der Waals surface area contributed by atoms with Crippen LogP contribution in [0.5, 0.6) is 5.75 Å². The first-order valence-corrected chi connectivity index (χ1v) is 5.59. The fraction of sp³-hybridized carbons (Fsp3) is 0.462. The minimum atomic E-state index is -0.141. The molecule has 0 bridgehead atoms. The SMILES string of the molecule is Cc1cc(C)cc(OCC(=O)N(C)CCO)c1. The number of ether oxygens (including phenoxy) is 1. The average Bonchev–Trinajstić information content (AvgIpc) is 2.25. The van der Waals surface area contributed by atoms with Crippen LogP contribution in [0, 0.1) is 13.8 Å². The van der Waals surface area contributed by atoms with E-state index < -0.39 is 0 Å². The van der Waals surface area contributed by atoms with Crippen molar-refractivity contribution < 1.29 is 14.6 Å². The van der Waals surface area contributed by atoms with E-state index in [2.05, 4.69) is 0 Å². The molecule has 0 aliphatic carbocycles. The molecule has 0 atom stereocenters. The van der Waals surface area contributed by atoms with E-state index in [0.717, 1.165) is 11.1 Å². The van der Waals surface area contributed by atoms with E-state index in [1.807, 2.05) is 32.0 Å². The highest BCUT2D eigenvalue weighted by molar-refractivity contribution is 5.77. The van der Waals surface area contributed by atoms with Crippen LogP contribution < -0.4 is 4.74 Å². The Hall–Kier alpha value is -1.55. The van der Waals surface area contributed by atoms with Gasteiger partial charge in [0.25, 0.3) is 5.91 Å². The van der Waals surface area contributed by atoms with Crippen molar-refractivity contribution in [2.75, 3.05) is 26.8 Å². The van der Waals surface area contributed by atoms with Crippen LogP contribution in [0.2, 0.25) is 0 Å². The number of aliphatic hydroxyl groups excluding tert-OH is 1. The van der Waals surface area contributed by atoms with Gasteiger partial charge in [-0.1, -0.05) is 6.07 Å². The predicted octanol–water partition coefficient (Wildman–Crippen LogP) is 1.13. The zero-order valence-corrected chi connectivity index (χ0v) is 10.6. The van der Waals surface area contributed by atoms with E-state index in [1.54, 1.807) is 7.05 Å². The summed E-state index contributed by atoms with van der Waals surface area (Å²) in [5.41, 5.74) is 2.22. The zero-order chi connectivity index (χ0) is 12.8. The van der Waals surface area contributed by atoms with Crippen molar-refractivity contribution in [2.45, 2.75) is 13.8 Å². The second-order valence-corrected chi connectivity index (χ2v) is 4.15. The molecular formula is C13H19NO3. The lowest BCUT2D eigenvalue weighted by atomic mass is 10.1. The highest BCUT2D eigenvalue weighted by atomic mass is 16.5. The molecule has 0 radical (unpaired) electrons. The number of amides is 1. The number of likely N-dealkylation sites (N-methyl/N-ethyl adjacent to an activating group) is 1. The van der Waals surface area contributed by atoms with Crippen LogP contribution in [-0.4, -0.2) is 42.7 Å². The van der Waals surface area contributed by atoms with E-state index in [-0.39, 0.29) is 19.1 Å². The van der Waals surface area contributed by atoms with Gasteiger partial charge in [-0.25, -0.2) is 0 Å². The minimum Gasteiger partial charge on any atom is -0.484 e. The second-order valence-electron chi connectivity index (χ2n) is 4.15. The molecule has 0 aliphatic rings. The quantitative estimate of drug-likeness (QED) is 0.835. The van der Waals surface area contributed by atoms with Crippen LogP contribution in [0.25, 0.3) is 0 Å². The molecule has 4 heteroatoms. The first-order chi connectivity index (χ1) is 8.02. The number of carbonyl (C=O) groups is 1. The monoisotopic (exact) mass is 237 g/mol. The molecule has 1 aromatic carbocycles. The van der Waals surface area contributed by atoms with Gasteiger partial charge in [0.05, 0.1) is 6.61 Å². The standard InChI is InChI=1S/C13H19NO3/c1-10-6-11(2)8-12(7-10)17-9-13(16)14(3)4-5-15/h6-8,15H,4-5,9H2,1-3H3. The van der Waals surface area contributed by atoms with Gasteiger partial charge in [0.1, 0.15) is 5.75 Å². The van der Waals surface area contributed by atoms with E-state index in [0.29, 0.717) is 12.3 Å². The van der Waals surface area contributed by atoms with Crippen molar-refractivity contribution in [3.8, 4) is 5.75 Å². The molecule has 1 amide bonds. The van der Waals surface area contributed by atoms with Gasteiger partial charge in [0, 0.05) is 13.6 Å². The lowest BCUT2D eigenvalue weighted by Gasteiger charge is -2.16. The summed E-state index contributed by atoms with van der Waals surface area (Å²) in [7, 11) is 1.64. The summed E-state index contributed by atoms with van der Waals surface area (Å²) in [6.45, 7) is 4.26. The molecule has 0 saturated heterocycles. The normalized spacial score (nSPS) is 10.1. The predicted molar refractivity (Wildman–Crippen MR) is 66.1 cm³/mol. The molecule has 0 aromatic heterocycles. The van der Waals surface area contributed by atoms with Crippen molar-refractivity contribution in [3.63, 3.8) is 0 Å². The summed E-state index contributed by atoms with van der Waals surface area (Å²) in [5.74, 6) is 0.562. The number of benzene rings is 1. The molecule has 1 N–H and O–H groups in total. The molecule has 1 rings (SSSR count). The molecule has 0 saturated carbocycles. The number of hydrogen-bond acceptors (Lipinski definition) is 3. The van der Waals surface area contributed by atoms with Crippen molar-refractivity contribution in [1.82, 2.24) is 4.90 Å². The molecule has 0 fully saturated rings. The second kappa shape index (κ2) is 6.25.